The molecule has 15 heteroatoms. The second-order valence-electron chi connectivity index (χ2n) is 11.9. The number of hydrogen-bond donors (Lipinski definition) is 3. The van der Waals surface area contributed by atoms with Gasteiger partial charge in [-0.1, -0.05) is 13.8 Å². The number of aryl methyl sites for hydroxylation is 1. The van der Waals surface area contributed by atoms with Gasteiger partial charge in [-0.15, -0.1) is 0 Å². The molecule has 0 unspecified atom stereocenters. The maximum absolute atomic E-state index is 12.8. The van der Waals surface area contributed by atoms with Crippen molar-refractivity contribution in [3.8, 4) is 11.4 Å². The lowest BCUT2D eigenvalue weighted by atomic mass is 9.67. The third-order valence-electron chi connectivity index (χ3n) is 8.39. The number of hydrogen-bond acceptors (Lipinski definition) is 11. The molecule has 3 N–H and O–H groups in total. The molecule has 0 bridgehead atoms. The number of amides is 4. The van der Waals surface area contributed by atoms with Gasteiger partial charge in [-0.25, -0.2) is 28.2 Å². The Labute approximate surface area is 259 Å². The molecule has 0 aliphatic carbocycles. The summed E-state index contributed by atoms with van der Waals surface area (Å²) < 4.78 is 24.1. The molecule has 4 aromatic rings. The van der Waals surface area contributed by atoms with E-state index in [-0.39, 0.29) is 22.9 Å². The zero-order valence-corrected chi connectivity index (χ0v) is 25.9. The number of pyridine rings is 3. The highest BCUT2D eigenvalue weighted by Gasteiger charge is 2.58. The molecular weight excluding hydrogens is 598 g/mol. The van der Waals surface area contributed by atoms with Gasteiger partial charge in [0.15, 0.2) is 9.84 Å². The van der Waals surface area contributed by atoms with Crippen molar-refractivity contribution in [3.63, 3.8) is 0 Å². The zero-order valence-electron chi connectivity index (χ0n) is 25.1. The zero-order chi connectivity index (χ0) is 32.1. The van der Waals surface area contributed by atoms with E-state index >= 15 is 0 Å². The second kappa shape index (κ2) is 10.8. The fraction of sp³-hybridized carbons (Fsp3) is 0.333. The van der Waals surface area contributed by atoms with Crippen LogP contribution in [0.15, 0.2) is 53.8 Å². The first kappa shape index (κ1) is 30.0. The van der Waals surface area contributed by atoms with E-state index in [0.29, 0.717) is 53.8 Å². The van der Waals surface area contributed by atoms with E-state index in [1.807, 2.05) is 30.9 Å². The average molecular weight is 630 g/mol. The fourth-order valence-electron chi connectivity index (χ4n) is 5.87. The van der Waals surface area contributed by atoms with Crippen LogP contribution in [0.4, 0.5) is 10.7 Å². The summed E-state index contributed by atoms with van der Waals surface area (Å²) in [5.74, 6) is -0.300. The molecular formula is C30H31N9O5S. The van der Waals surface area contributed by atoms with Gasteiger partial charge >= 0.3 is 6.03 Å². The van der Waals surface area contributed by atoms with E-state index in [1.165, 1.54) is 12.3 Å². The molecule has 232 valence electrons. The van der Waals surface area contributed by atoms with Crippen LogP contribution in [0, 0.1) is 12.3 Å². The van der Waals surface area contributed by atoms with E-state index in [4.69, 9.17) is 9.97 Å². The van der Waals surface area contributed by atoms with Crippen LogP contribution in [-0.2, 0) is 21.2 Å². The lowest BCUT2D eigenvalue weighted by Crippen LogP contribution is -2.66. The first-order chi connectivity index (χ1) is 21.3. The van der Waals surface area contributed by atoms with E-state index in [2.05, 4.69) is 30.9 Å². The van der Waals surface area contributed by atoms with Crippen LogP contribution in [0.1, 0.15) is 42.0 Å². The summed E-state index contributed by atoms with van der Waals surface area (Å²) in [7, 11) is -3.53. The number of fused-ring (bicyclic) bond motifs is 1. The summed E-state index contributed by atoms with van der Waals surface area (Å²) in [5, 5.41) is 8.77. The predicted molar refractivity (Wildman–Crippen MR) is 164 cm³/mol. The Morgan fingerprint density at radius 2 is 1.82 bits per heavy atom. The molecule has 6 heterocycles. The minimum atomic E-state index is -3.53. The van der Waals surface area contributed by atoms with Gasteiger partial charge in [-0.05, 0) is 43.7 Å². The first-order valence-electron chi connectivity index (χ1n) is 14.2. The Bertz CT molecular complexity index is 2000. The Kier molecular flexibility index (Phi) is 7.22. The summed E-state index contributed by atoms with van der Waals surface area (Å²) in [4.78, 5) is 61.9. The number of aromatic nitrogens is 5. The summed E-state index contributed by atoms with van der Waals surface area (Å²) in [6, 6.07) is 8.10. The maximum Gasteiger partial charge on any atom is 0.322 e. The van der Waals surface area contributed by atoms with E-state index in [1.54, 1.807) is 31.5 Å². The van der Waals surface area contributed by atoms with E-state index in [0.717, 1.165) is 11.6 Å². The van der Waals surface area contributed by atoms with Crippen molar-refractivity contribution in [2.45, 2.75) is 44.2 Å². The number of nitrogens with one attached hydrogen (secondary N) is 3. The molecule has 2 saturated heterocycles. The lowest BCUT2D eigenvalue weighted by molar-refractivity contribution is -0.129. The number of nitrogens with zero attached hydrogens (tertiary/aromatic N) is 6. The molecule has 6 rings (SSSR count). The van der Waals surface area contributed by atoms with Gasteiger partial charge in [0.25, 0.3) is 11.8 Å². The molecule has 2 aliphatic rings. The van der Waals surface area contributed by atoms with Gasteiger partial charge in [0.2, 0.25) is 5.95 Å². The van der Waals surface area contributed by atoms with Crippen molar-refractivity contribution in [1.82, 2.24) is 40.9 Å². The lowest BCUT2D eigenvalue weighted by Gasteiger charge is -2.49. The Morgan fingerprint density at radius 3 is 2.53 bits per heavy atom. The van der Waals surface area contributed by atoms with Gasteiger partial charge in [-0.3, -0.25) is 24.9 Å². The van der Waals surface area contributed by atoms with Crippen molar-refractivity contribution < 1.29 is 22.8 Å². The fourth-order valence-corrected chi connectivity index (χ4v) is 6.80. The SMILES string of the molecule is Cc1ncc(C(=O)NCc2cc3nc(-c4ccnc(N5CC[C@]6(NC(=O)NC6=O)C(C)(C)C5)n4)ccc3cn2)cc1S(C)(=O)=O. The molecule has 1 atom stereocenters. The smallest absolute Gasteiger partial charge is 0.322 e. The monoisotopic (exact) mass is 629 g/mol. The van der Waals surface area contributed by atoms with Gasteiger partial charge in [0.05, 0.1) is 45.3 Å². The van der Waals surface area contributed by atoms with Gasteiger partial charge in [0.1, 0.15) is 5.54 Å². The van der Waals surface area contributed by atoms with Gasteiger partial charge in [-0.2, -0.15) is 0 Å². The molecule has 2 aliphatic heterocycles. The number of urea groups is 1. The molecule has 0 saturated carbocycles. The van der Waals surface area contributed by atoms with E-state index < -0.39 is 32.7 Å². The minimum absolute atomic E-state index is 0.00576. The van der Waals surface area contributed by atoms with Crippen molar-refractivity contribution >= 4 is 44.5 Å². The third kappa shape index (κ3) is 5.54. The Hall–Kier alpha value is -5.05. The van der Waals surface area contributed by atoms with Crippen LogP contribution in [0.3, 0.4) is 0 Å². The highest BCUT2D eigenvalue weighted by Crippen LogP contribution is 2.41. The summed E-state index contributed by atoms with van der Waals surface area (Å²) in [5.41, 5.74) is 1.29. The topological polar surface area (TPSA) is 189 Å². The number of sulfone groups is 1. The largest absolute Gasteiger partial charge is 0.346 e. The normalized spacial score (nSPS) is 19.4. The third-order valence-corrected chi connectivity index (χ3v) is 9.60. The predicted octanol–water partition coefficient (Wildman–Crippen LogP) is 1.94. The highest BCUT2D eigenvalue weighted by atomic mass is 32.2. The van der Waals surface area contributed by atoms with Crippen LogP contribution in [0.2, 0.25) is 0 Å². The van der Waals surface area contributed by atoms with E-state index in [9.17, 15) is 22.8 Å². The Balaban J connectivity index is 1.19. The molecule has 0 aromatic carbocycles. The molecule has 45 heavy (non-hydrogen) atoms. The summed E-state index contributed by atoms with van der Waals surface area (Å²) in [6.07, 6.45) is 6.14. The number of carbonyl (C=O) groups is 3. The second-order valence-corrected chi connectivity index (χ2v) is 13.9. The number of rotatable bonds is 6. The quantitative estimate of drug-likeness (QED) is 0.264. The van der Waals surface area contributed by atoms with Crippen LogP contribution >= 0.6 is 0 Å². The summed E-state index contributed by atoms with van der Waals surface area (Å²) >= 11 is 0. The van der Waals surface area contributed by atoms with Crippen molar-refractivity contribution in [3.05, 3.63) is 65.9 Å². The first-order valence-corrected chi connectivity index (χ1v) is 16.1. The Morgan fingerprint density at radius 1 is 1.04 bits per heavy atom. The molecule has 2 fully saturated rings. The van der Waals surface area contributed by atoms with Crippen molar-refractivity contribution in [1.29, 1.82) is 0 Å². The number of imide groups is 1. The number of carbonyl (C=O) groups excluding carboxylic acids is 3. The minimum Gasteiger partial charge on any atom is -0.346 e. The average Bonchev–Trinajstić information content (AvgIpc) is 3.30. The number of piperidine rings is 1. The number of anilines is 1. The van der Waals surface area contributed by atoms with Crippen LogP contribution < -0.4 is 20.9 Å². The molecule has 1 spiro atoms. The molecule has 0 radical (unpaired) electrons. The van der Waals surface area contributed by atoms with Crippen molar-refractivity contribution in [2.75, 3.05) is 24.2 Å². The van der Waals surface area contributed by atoms with Crippen molar-refractivity contribution in [2.24, 2.45) is 5.41 Å². The maximum atomic E-state index is 12.8. The van der Waals surface area contributed by atoms with Crippen LogP contribution in [-0.4, -0.2) is 76.1 Å². The molecule has 4 amide bonds. The van der Waals surface area contributed by atoms with Crippen LogP contribution in [0.25, 0.3) is 22.3 Å². The van der Waals surface area contributed by atoms with Gasteiger partial charge in [0, 0.05) is 48.7 Å². The standard InChI is InChI=1S/C30H31N9O5S/c1-17-24(45(4,43)44)11-19(14-32-17)25(40)34-15-20-12-23-18(13-33-20)5-6-21(35-23)22-7-9-31-27(36-22)39-10-8-30(29(2,3)16-39)26(41)37-28(42)38-30/h5-7,9,11-14H,8,10,15-16H2,1-4H3,(H,34,40)(H2,37,38,41,42)/t30-/m1/s1. The van der Waals surface area contributed by atoms with Gasteiger partial charge < -0.3 is 15.5 Å². The molecule has 4 aromatic heterocycles. The molecule has 14 nitrogen and oxygen atoms in total. The summed E-state index contributed by atoms with van der Waals surface area (Å²) in [6.45, 7) is 6.47. The van der Waals surface area contributed by atoms with Crippen LogP contribution in [0.5, 0.6) is 0 Å². The highest BCUT2D eigenvalue weighted by molar-refractivity contribution is 7.90.